The summed E-state index contributed by atoms with van der Waals surface area (Å²) in [6.45, 7) is 0. The van der Waals surface area contributed by atoms with Crippen LogP contribution in [0.3, 0.4) is 0 Å². The molecule has 0 atom stereocenters. The molecule has 1 amide bonds. The fraction of sp³-hybridized carbons (Fsp3) is 0.467. The Bertz CT molecular complexity index is 528. The van der Waals surface area contributed by atoms with Gasteiger partial charge >= 0.3 is 0 Å². The molecule has 1 aliphatic rings. The second-order valence-electron chi connectivity index (χ2n) is 4.98. The summed E-state index contributed by atoms with van der Waals surface area (Å²) >= 11 is 5.16. The van der Waals surface area contributed by atoms with Gasteiger partial charge in [0.15, 0.2) is 4.99 Å². The topological polar surface area (TPSA) is 59.6 Å². The Morgan fingerprint density at radius 3 is 2.57 bits per heavy atom. The van der Waals surface area contributed by atoms with Crippen molar-refractivity contribution in [3.05, 3.63) is 18.2 Å². The van der Waals surface area contributed by atoms with Gasteiger partial charge in [0.2, 0.25) is 0 Å². The van der Waals surface area contributed by atoms with Gasteiger partial charge in [0.05, 0.1) is 19.9 Å². The average molecular weight is 308 g/mol. The van der Waals surface area contributed by atoms with Gasteiger partial charge in [-0.3, -0.25) is 4.79 Å². The number of benzene rings is 1. The van der Waals surface area contributed by atoms with Gasteiger partial charge < -0.3 is 20.1 Å². The van der Waals surface area contributed by atoms with Gasteiger partial charge in [-0.15, -0.1) is 0 Å². The third-order valence-corrected chi connectivity index (χ3v) is 3.85. The number of hydrogen-bond donors (Lipinski definition) is 2. The third kappa shape index (κ3) is 4.07. The van der Waals surface area contributed by atoms with Gasteiger partial charge in [-0.2, -0.15) is 0 Å². The number of carbonyl (C=O) groups is 1. The average Bonchev–Trinajstić information content (AvgIpc) is 2.99. The highest BCUT2D eigenvalue weighted by molar-refractivity contribution is 7.82. The summed E-state index contributed by atoms with van der Waals surface area (Å²) in [5.74, 6) is 0.872. The predicted octanol–water partition coefficient (Wildman–Crippen LogP) is 2.50. The Morgan fingerprint density at radius 2 is 1.95 bits per heavy atom. The van der Waals surface area contributed by atoms with E-state index < -0.39 is 0 Å². The van der Waals surface area contributed by atoms with Crippen molar-refractivity contribution < 1.29 is 14.3 Å². The SMILES string of the molecule is COc1ccc(OC)c(NC(=O)C(=S)NC2CCCC2)c1. The van der Waals surface area contributed by atoms with E-state index in [4.69, 9.17) is 21.7 Å². The lowest BCUT2D eigenvalue weighted by Crippen LogP contribution is -2.39. The number of carbonyl (C=O) groups excluding carboxylic acids is 1. The van der Waals surface area contributed by atoms with Crippen LogP contribution in [0.5, 0.6) is 11.5 Å². The monoisotopic (exact) mass is 308 g/mol. The number of hydrogen-bond acceptors (Lipinski definition) is 4. The van der Waals surface area contributed by atoms with Gasteiger partial charge in [0.1, 0.15) is 11.5 Å². The summed E-state index contributed by atoms with van der Waals surface area (Å²) in [5.41, 5.74) is 0.539. The maximum absolute atomic E-state index is 12.2. The van der Waals surface area contributed by atoms with E-state index in [1.165, 1.54) is 12.8 Å². The van der Waals surface area contributed by atoms with Crippen LogP contribution in [0.1, 0.15) is 25.7 Å². The predicted molar refractivity (Wildman–Crippen MR) is 86.2 cm³/mol. The molecule has 2 rings (SSSR count). The normalized spacial score (nSPS) is 14.6. The van der Waals surface area contributed by atoms with Crippen molar-refractivity contribution in [2.75, 3.05) is 19.5 Å². The Kier molecular flexibility index (Phi) is 5.38. The maximum atomic E-state index is 12.2. The minimum Gasteiger partial charge on any atom is -0.497 e. The first-order valence-electron chi connectivity index (χ1n) is 6.98. The van der Waals surface area contributed by atoms with Crippen LogP contribution in [0, 0.1) is 0 Å². The molecule has 1 saturated carbocycles. The fourth-order valence-electron chi connectivity index (χ4n) is 2.41. The van der Waals surface area contributed by atoms with Crippen molar-refractivity contribution in [2.24, 2.45) is 0 Å². The van der Waals surface area contributed by atoms with Crippen LogP contribution < -0.4 is 20.1 Å². The second kappa shape index (κ2) is 7.26. The molecule has 2 N–H and O–H groups in total. The summed E-state index contributed by atoms with van der Waals surface area (Å²) in [6, 6.07) is 5.52. The lowest BCUT2D eigenvalue weighted by molar-refractivity contribution is -0.110. The van der Waals surface area contributed by atoms with Crippen LogP contribution in [0.4, 0.5) is 5.69 Å². The second-order valence-corrected chi connectivity index (χ2v) is 5.38. The molecule has 0 radical (unpaired) electrons. The van der Waals surface area contributed by atoms with E-state index in [9.17, 15) is 4.79 Å². The molecular formula is C15H20N2O3S. The zero-order valence-electron chi connectivity index (χ0n) is 12.3. The molecule has 0 aliphatic heterocycles. The van der Waals surface area contributed by atoms with Crippen molar-refractivity contribution in [1.29, 1.82) is 0 Å². The summed E-state index contributed by atoms with van der Waals surface area (Å²) in [4.78, 5) is 12.4. The number of amides is 1. The molecule has 0 aromatic heterocycles. The molecule has 114 valence electrons. The number of nitrogens with one attached hydrogen (secondary N) is 2. The van der Waals surface area contributed by atoms with Gasteiger partial charge in [-0.1, -0.05) is 25.1 Å². The van der Waals surface area contributed by atoms with Crippen molar-refractivity contribution in [2.45, 2.75) is 31.7 Å². The minimum atomic E-state index is -0.330. The largest absolute Gasteiger partial charge is 0.497 e. The van der Waals surface area contributed by atoms with E-state index in [-0.39, 0.29) is 10.9 Å². The van der Waals surface area contributed by atoms with E-state index in [0.717, 1.165) is 12.8 Å². The number of ether oxygens (including phenoxy) is 2. The van der Waals surface area contributed by atoms with Gasteiger partial charge in [0, 0.05) is 12.1 Å². The number of thiocarbonyl (C=S) groups is 1. The van der Waals surface area contributed by atoms with E-state index in [1.54, 1.807) is 32.4 Å². The first-order chi connectivity index (χ1) is 10.1. The van der Waals surface area contributed by atoms with Crippen LogP contribution in [0.25, 0.3) is 0 Å². The molecule has 1 aromatic carbocycles. The van der Waals surface area contributed by atoms with Gasteiger partial charge in [-0.25, -0.2) is 0 Å². The van der Waals surface area contributed by atoms with Crippen LogP contribution in [0.15, 0.2) is 18.2 Å². The summed E-state index contributed by atoms with van der Waals surface area (Å²) in [7, 11) is 3.12. The molecule has 1 aromatic rings. The van der Waals surface area contributed by atoms with Crippen molar-refractivity contribution >= 4 is 28.8 Å². The Hall–Kier alpha value is -1.82. The smallest absolute Gasteiger partial charge is 0.283 e. The first-order valence-corrected chi connectivity index (χ1v) is 7.38. The van der Waals surface area contributed by atoms with Crippen molar-refractivity contribution in [3.63, 3.8) is 0 Å². The fourth-order valence-corrected chi connectivity index (χ4v) is 2.63. The van der Waals surface area contributed by atoms with Gasteiger partial charge in [-0.05, 0) is 25.0 Å². The Labute approximate surface area is 130 Å². The van der Waals surface area contributed by atoms with E-state index in [2.05, 4.69) is 10.6 Å². The Morgan fingerprint density at radius 1 is 1.24 bits per heavy atom. The lowest BCUT2D eigenvalue weighted by Gasteiger charge is -2.15. The summed E-state index contributed by atoms with van der Waals surface area (Å²) in [5, 5.41) is 5.87. The molecule has 0 spiro atoms. The highest BCUT2D eigenvalue weighted by Gasteiger charge is 2.19. The molecule has 6 heteroatoms. The number of rotatable bonds is 4. The quantitative estimate of drug-likeness (QED) is 0.837. The van der Waals surface area contributed by atoms with Crippen LogP contribution >= 0.6 is 12.2 Å². The molecule has 5 nitrogen and oxygen atoms in total. The lowest BCUT2D eigenvalue weighted by atomic mass is 10.2. The van der Waals surface area contributed by atoms with Crippen LogP contribution in [0.2, 0.25) is 0 Å². The highest BCUT2D eigenvalue weighted by Crippen LogP contribution is 2.28. The van der Waals surface area contributed by atoms with Crippen molar-refractivity contribution in [3.8, 4) is 11.5 Å². The minimum absolute atomic E-state index is 0.215. The number of anilines is 1. The van der Waals surface area contributed by atoms with Crippen LogP contribution in [-0.4, -0.2) is 31.2 Å². The van der Waals surface area contributed by atoms with Crippen molar-refractivity contribution in [1.82, 2.24) is 5.32 Å². The molecule has 0 unspecified atom stereocenters. The summed E-state index contributed by atoms with van der Waals surface area (Å²) < 4.78 is 10.4. The molecule has 1 aliphatic carbocycles. The molecule has 0 bridgehead atoms. The molecule has 21 heavy (non-hydrogen) atoms. The molecule has 0 heterocycles. The Balaban J connectivity index is 2.02. The highest BCUT2D eigenvalue weighted by atomic mass is 32.1. The third-order valence-electron chi connectivity index (χ3n) is 3.55. The molecule has 0 saturated heterocycles. The van der Waals surface area contributed by atoms with E-state index in [0.29, 0.717) is 23.2 Å². The number of methoxy groups -OCH3 is 2. The first kappa shape index (κ1) is 15.6. The van der Waals surface area contributed by atoms with Crippen LogP contribution in [-0.2, 0) is 4.79 Å². The van der Waals surface area contributed by atoms with E-state index >= 15 is 0 Å². The molecular weight excluding hydrogens is 288 g/mol. The van der Waals surface area contributed by atoms with Gasteiger partial charge in [0.25, 0.3) is 5.91 Å². The maximum Gasteiger partial charge on any atom is 0.283 e. The molecule has 1 fully saturated rings. The van der Waals surface area contributed by atoms with E-state index in [1.807, 2.05) is 0 Å². The summed E-state index contributed by atoms with van der Waals surface area (Å²) in [6.07, 6.45) is 4.50. The zero-order valence-corrected chi connectivity index (χ0v) is 13.1. The standard InChI is InChI=1S/C15H20N2O3S/c1-19-11-7-8-13(20-2)12(9-11)17-14(18)15(21)16-10-5-3-4-6-10/h7-10H,3-6H2,1-2H3,(H,16,21)(H,17,18). The zero-order chi connectivity index (χ0) is 15.2.